The number of halogens is 1. The monoisotopic (exact) mass is 375 g/mol. The number of nitrogens with zero attached hydrogens (tertiary/aromatic N) is 3. The molecule has 0 aliphatic rings. The minimum absolute atomic E-state index is 0.260. The van der Waals surface area contributed by atoms with Crippen LogP contribution in [0.2, 0.25) is 0 Å². The van der Waals surface area contributed by atoms with Crippen molar-refractivity contribution in [1.82, 2.24) is 13.7 Å². The minimum Gasteiger partial charge on any atom is -0.345 e. The van der Waals surface area contributed by atoms with Crippen LogP contribution in [-0.4, -0.2) is 13.7 Å². The second-order valence-electron chi connectivity index (χ2n) is 5.62. The third-order valence-corrected chi connectivity index (χ3v) is 4.80. The summed E-state index contributed by atoms with van der Waals surface area (Å²) in [6.45, 7) is 2.87. The molecule has 0 fully saturated rings. The van der Waals surface area contributed by atoms with Crippen LogP contribution < -0.4 is 11.2 Å². The van der Waals surface area contributed by atoms with E-state index in [1.54, 1.807) is 7.05 Å². The van der Waals surface area contributed by atoms with E-state index in [9.17, 15) is 9.59 Å². The third-order valence-electron chi connectivity index (χ3n) is 4.11. The van der Waals surface area contributed by atoms with Crippen LogP contribution in [0.4, 0.5) is 0 Å². The summed E-state index contributed by atoms with van der Waals surface area (Å²) in [7, 11) is 3.22. The van der Waals surface area contributed by atoms with Gasteiger partial charge in [0.05, 0.1) is 16.6 Å². The van der Waals surface area contributed by atoms with Crippen molar-refractivity contribution in [3.63, 3.8) is 0 Å². The molecule has 2 aromatic heterocycles. The Labute approximate surface area is 141 Å². The number of aromatic nitrogens is 3. The highest BCUT2D eigenvalue weighted by Crippen LogP contribution is 2.33. The van der Waals surface area contributed by atoms with Crippen molar-refractivity contribution in [3.05, 3.63) is 55.8 Å². The number of fused-ring (bicyclic) bond motifs is 1. The first-order valence-corrected chi connectivity index (χ1v) is 8.30. The fourth-order valence-electron chi connectivity index (χ4n) is 2.95. The summed E-state index contributed by atoms with van der Waals surface area (Å²) in [4.78, 5) is 24.9. The van der Waals surface area contributed by atoms with Crippen LogP contribution in [0, 0.1) is 0 Å². The Morgan fingerprint density at radius 1 is 1.09 bits per heavy atom. The predicted molar refractivity (Wildman–Crippen MR) is 95.8 cm³/mol. The molecule has 3 aromatic rings. The van der Waals surface area contributed by atoms with E-state index < -0.39 is 0 Å². The van der Waals surface area contributed by atoms with Gasteiger partial charge in [-0.05, 0) is 12.5 Å². The molecule has 0 atom stereocenters. The molecule has 0 aliphatic heterocycles. The number of aryl methyl sites for hydroxylation is 2. The summed E-state index contributed by atoms with van der Waals surface area (Å²) < 4.78 is 5.68. The van der Waals surface area contributed by atoms with Gasteiger partial charge < -0.3 is 4.57 Å². The highest BCUT2D eigenvalue weighted by atomic mass is 79.9. The van der Waals surface area contributed by atoms with Crippen molar-refractivity contribution in [2.24, 2.45) is 14.1 Å². The van der Waals surface area contributed by atoms with Crippen molar-refractivity contribution in [3.8, 4) is 11.3 Å². The number of rotatable bonds is 3. The smallest absolute Gasteiger partial charge is 0.330 e. The van der Waals surface area contributed by atoms with Gasteiger partial charge in [-0.25, -0.2) is 4.79 Å². The average Bonchev–Trinajstić information content (AvgIpc) is 2.91. The van der Waals surface area contributed by atoms with Crippen molar-refractivity contribution >= 4 is 26.8 Å². The molecule has 0 bridgehead atoms. The SMILES string of the molecule is CCCn1cc2c(c1-c1ccccc1Br)c(=O)n(C)c(=O)n2C. The standard InChI is InChI=1S/C17H18BrN3O2/c1-4-9-21-10-13-14(16(22)20(3)17(23)19(13)2)15(21)11-7-5-6-8-12(11)18/h5-8,10H,4,9H2,1-3H3. The van der Waals surface area contributed by atoms with E-state index in [1.165, 1.54) is 16.2 Å². The van der Waals surface area contributed by atoms with Crippen LogP contribution in [0.3, 0.4) is 0 Å². The molecule has 6 heteroatoms. The molecule has 0 spiro atoms. The number of hydrogen-bond donors (Lipinski definition) is 0. The summed E-state index contributed by atoms with van der Waals surface area (Å²) in [6, 6.07) is 7.82. The van der Waals surface area contributed by atoms with Gasteiger partial charge in [0, 0.05) is 36.9 Å². The summed E-state index contributed by atoms with van der Waals surface area (Å²) in [5.74, 6) is 0. The zero-order valence-electron chi connectivity index (χ0n) is 13.3. The topological polar surface area (TPSA) is 48.9 Å². The molecular weight excluding hydrogens is 358 g/mol. The van der Waals surface area contributed by atoms with E-state index >= 15 is 0 Å². The van der Waals surface area contributed by atoms with Crippen LogP contribution >= 0.6 is 15.9 Å². The third kappa shape index (κ3) is 2.37. The molecule has 0 radical (unpaired) electrons. The quantitative estimate of drug-likeness (QED) is 0.706. The van der Waals surface area contributed by atoms with Gasteiger partial charge in [0.2, 0.25) is 0 Å². The fourth-order valence-corrected chi connectivity index (χ4v) is 3.42. The lowest BCUT2D eigenvalue weighted by Gasteiger charge is -2.10. The molecule has 3 rings (SSSR count). The van der Waals surface area contributed by atoms with Gasteiger partial charge in [-0.2, -0.15) is 0 Å². The molecule has 23 heavy (non-hydrogen) atoms. The first-order valence-electron chi connectivity index (χ1n) is 7.51. The Kier molecular flexibility index (Phi) is 4.02. The molecule has 1 aromatic carbocycles. The van der Waals surface area contributed by atoms with Gasteiger partial charge in [0.1, 0.15) is 0 Å². The maximum atomic E-state index is 12.7. The van der Waals surface area contributed by atoms with E-state index in [-0.39, 0.29) is 11.2 Å². The first-order chi connectivity index (χ1) is 11.0. The molecule has 0 unspecified atom stereocenters. The zero-order chi connectivity index (χ0) is 16.7. The van der Waals surface area contributed by atoms with E-state index in [0.29, 0.717) is 10.9 Å². The van der Waals surface area contributed by atoms with E-state index in [1.807, 2.05) is 30.5 Å². The molecule has 0 aliphatic carbocycles. The molecule has 0 saturated carbocycles. The van der Waals surface area contributed by atoms with Gasteiger partial charge in [-0.3, -0.25) is 13.9 Å². The Morgan fingerprint density at radius 3 is 2.43 bits per heavy atom. The highest BCUT2D eigenvalue weighted by molar-refractivity contribution is 9.10. The summed E-state index contributed by atoms with van der Waals surface area (Å²) in [5.41, 5.74) is 1.90. The average molecular weight is 376 g/mol. The second kappa shape index (κ2) is 5.85. The molecular formula is C17H18BrN3O2. The summed E-state index contributed by atoms with van der Waals surface area (Å²) >= 11 is 3.57. The summed E-state index contributed by atoms with van der Waals surface area (Å²) in [5, 5.41) is 0.579. The zero-order valence-corrected chi connectivity index (χ0v) is 14.9. The van der Waals surface area contributed by atoms with Crippen LogP contribution in [0.25, 0.3) is 22.2 Å². The first kappa shape index (κ1) is 15.8. The molecule has 5 nitrogen and oxygen atoms in total. The molecule has 120 valence electrons. The van der Waals surface area contributed by atoms with Crippen molar-refractivity contribution < 1.29 is 0 Å². The van der Waals surface area contributed by atoms with Crippen molar-refractivity contribution in [2.45, 2.75) is 19.9 Å². The van der Waals surface area contributed by atoms with Gasteiger partial charge in [-0.15, -0.1) is 0 Å². The Morgan fingerprint density at radius 2 is 1.78 bits per heavy atom. The maximum absolute atomic E-state index is 12.7. The van der Waals surface area contributed by atoms with Crippen LogP contribution in [0.1, 0.15) is 13.3 Å². The molecule has 0 amide bonds. The van der Waals surface area contributed by atoms with E-state index in [2.05, 4.69) is 27.4 Å². The van der Waals surface area contributed by atoms with Gasteiger partial charge in [0.25, 0.3) is 5.56 Å². The van der Waals surface area contributed by atoms with Gasteiger partial charge >= 0.3 is 5.69 Å². The van der Waals surface area contributed by atoms with Gasteiger partial charge in [0.15, 0.2) is 0 Å². The lowest BCUT2D eigenvalue weighted by atomic mass is 10.1. The largest absolute Gasteiger partial charge is 0.345 e. The summed E-state index contributed by atoms with van der Waals surface area (Å²) in [6.07, 6.45) is 2.84. The van der Waals surface area contributed by atoms with Gasteiger partial charge in [-0.1, -0.05) is 41.1 Å². The highest BCUT2D eigenvalue weighted by Gasteiger charge is 2.20. The number of hydrogen-bond acceptors (Lipinski definition) is 2. The fraction of sp³-hybridized carbons (Fsp3) is 0.294. The number of benzene rings is 1. The molecule has 0 N–H and O–H groups in total. The molecule has 0 saturated heterocycles. The van der Waals surface area contributed by atoms with Crippen LogP contribution in [0.5, 0.6) is 0 Å². The van der Waals surface area contributed by atoms with Crippen molar-refractivity contribution in [2.75, 3.05) is 0 Å². The van der Waals surface area contributed by atoms with Crippen LogP contribution in [-0.2, 0) is 20.6 Å². The lowest BCUT2D eigenvalue weighted by molar-refractivity contribution is 0.688. The van der Waals surface area contributed by atoms with Crippen molar-refractivity contribution in [1.29, 1.82) is 0 Å². The Balaban J connectivity index is 2.54. The maximum Gasteiger partial charge on any atom is 0.330 e. The lowest BCUT2D eigenvalue weighted by Crippen LogP contribution is -2.36. The van der Waals surface area contributed by atoms with E-state index in [0.717, 1.165) is 28.7 Å². The predicted octanol–water partition coefficient (Wildman–Crippen LogP) is 2.88. The Bertz CT molecular complexity index is 1010. The molecule has 2 heterocycles. The normalized spacial score (nSPS) is 11.3. The second-order valence-corrected chi connectivity index (χ2v) is 6.47. The minimum atomic E-state index is -0.310. The van der Waals surface area contributed by atoms with Crippen LogP contribution in [0.15, 0.2) is 44.5 Å². The Hall–Kier alpha value is -2.08. The van der Waals surface area contributed by atoms with E-state index in [4.69, 9.17) is 0 Å².